The van der Waals surface area contributed by atoms with E-state index in [2.05, 4.69) is 29.0 Å². The van der Waals surface area contributed by atoms with Gasteiger partial charge in [-0.3, -0.25) is 0 Å². The quantitative estimate of drug-likeness (QED) is 0.678. The molecule has 0 amide bonds. The van der Waals surface area contributed by atoms with E-state index in [1.54, 1.807) is 6.33 Å². The highest BCUT2D eigenvalue weighted by Gasteiger charge is 2.17. The highest BCUT2D eigenvalue weighted by atomic mass is 14.9. The summed E-state index contributed by atoms with van der Waals surface area (Å²) in [6.45, 7) is 2.72. The molecule has 1 aliphatic rings. The average molecular weight is 175 g/mol. The van der Waals surface area contributed by atoms with Gasteiger partial charge in [-0.1, -0.05) is 19.1 Å². The maximum atomic E-state index is 5.68. The van der Waals surface area contributed by atoms with Crippen molar-refractivity contribution in [2.75, 3.05) is 6.54 Å². The summed E-state index contributed by atoms with van der Waals surface area (Å²) in [6, 6.07) is 0. The van der Waals surface area contributed by atoms with Gasteiger partial charge in [0.25, 0.3) is 0 Å². The van der Waals surface area contributed by atoms with E-state index in [4.69, 9.17) is 5.73 Å². The van der Waals surface area contributed by atoms with Gasteiger partial charge < -0.3 is 10.7 Å². The third kappa shape index (κ3) is 1.42. The molecule has 13 heavy (non-hydrogen) atoms. The number of nitrogens with zero attached hydrogens (tertiary/aromatic N) is 1. The average Bonchev–Trinajstić information content (AvgIpc) is 2.54. The van der Waals surface area contributed by atoms with Gasteiger partial charge in [0.1, 0.15) is 0 Å². The zero-order valence-electron chi connectivity index (χ0n) is 7.62. The molecular formula is C10H13N3. The Hall–Kier alpha value is -1.35. The van der Waals surface area contributed by atoms with E-state index in [1.165, 1.54) is 0 Å². The van der Waals surface area contributed by atoms with Crippen molar-refractivity contribution in [3.05, 3.63) is 29.9 Å². The first-order chi connectivity index (χ1) is 6.23. The largest absolute Gasteiger partial charge is 0.345 e. The van der Waals surface area contributed by atoms with Gasteiger partial charge in [0.15, 0.2) is 0 Å². The summed E-state index contributed by atoms with van der Waals surface area (Å²) in [5, 5.41) is 0. The van der Waals surface area contributed by atoms with Crippen LogP contribution in [0.3, 0.4) is 0 Å². The zero-order valence-corrected chi connectivity index (χ0v) is 7.62. The minimum Gasteiger partial charge on any atom is -0.345 e. The van der Waals surface area contributed by atoms with Crippen LogP contribution in [-0.4, -0.2) is 16.5 Å². The second-order valence-corrected chi connectivity index (χ2v) is 3.58. The lowest BCUT2D eigenvalue weighted by atomic mass is 9.90. The molecule has 0 radical (unpaired) electrons. The van der Waals surface area contributed by atoms with Crippen LogP contribution in [0.25, 0.3) is 12.2 Å². The van der Waals surface area contributed by atoms with Crippen molar-refractivity contribution >= 4 is 12.2 Å². The Morgan fingerprint density at radius 3 is 3.00 bits per heavy atom. The lowest BCUT2D eigenvalue weighted by Gasteiger charge is -2.17. The van der Waals surface area contributed by atoms with Crippen LogP contribution in [0.5, 0.6) is 0 Å². The van der Waals surface area contributed by atoms with Crippen LogP contribution in [0.2, 0.25) is 0 Å². The van der Waals surface area contributed by atoms with Crippen LogP contribution in [0.1, 0.15) is 18.3 Å². The van der Waals surface area contributed by atoms with Gasteiger partial charge in [0, 0.05) is 12.0 Å². The smallest absolute Gasteiger partial charge is 0.0931 e. The number of nitrogens with two attached hydrogens (primary N) is 1. The Kier molecular flexibility index (Phi) is 1.81. The fourth-order valence-electron chi connectivity index (χ4n) is 1.32. The van der Waals surface area contributed by atoms with Gasteiger partial charge >= 0.3 is 0 Å². The Balaban J connectivity index is 2.43. The molecule has 0 saturated carbocycles. The summed E-state index contributed by atoms with van der Waals surface area (Å²) in [5.41, 5.74) is 7.67. The first-order valence-electron chi connectivity index (χ1n) is 4.35. The Morgan fingerprint density at radius 1 is 1.46 bits per heavy atom. The molecule has 2 rings (SSSR count). The zero-order chi connectivity index (χ0) is 9.31. The van der Waals surface area contributed by atoms with E-state index in [0.717, 1.165) is 11.4 Å². The molecule has 1 heterocycles. The summed E-state index contributed by atoms with van der Waals surface area (Å²) >= 11 is 0. The van der Waals surface area contributed by atoms with E-state index in [1.807, 2.05) is 12.2 Å². The van der Waals surface area contributed by atoms with Gasteiger partial charge in [-0.25, -0.2) is 4.98 Å². The summed E-state index contributed by atoms with van der Waals surface area (Å²) < 4.78 is 0. The summed E-state index contributed by atoms with van der Waals surface area (Å²) in [5.74, 6) is 0. The fourth-order valence-corrected chi connectivity index (χ4v) is 1.32. The molecule has 3 heteroatoms. The lowest BCUT2D eigenvalue weighted by Crippen LogP contribution is -2.21. The molecule has 3 nitrogen and oxygen atoms in total. The van der Waals surface area contributed by atoms with Crippen molar-refractivity contribution in [2.45, 2.75) is 6.92 Å². The van der Waals surface area contributed by atoms with Gasteiger partial charge in [-0.2, -0.15) is 0 Å². The van der Waals surface area contributed by atoms with Gasteiger partial charge in [0.05, 0.1) is 17.7 Å². The molecule has 1 aromatic heterocycles. The Morgan fingerprint density at radius 2 is 2.23 bits per heavy atom. The number of hydrogen-bond acceptors (Lipinski definition) is 2. The summed E-state index contributed by atoms with van der Waals surface area (Å²) in [4.78, 5) is 7.25. The van der Waals surface area contributed by atoms with E-state index in [-0.39, 0.29) is 5.41 Å². The minimum atomic E-state index is -0.0401. The molecule has 1 aliphatic carbocycles. The summed E-state index contributed by atoms with van der Waals surface area (Å²) in [7, 11) is 0. The Bertz CT molecular complexity index is 332. The topological polar surface area (TPSA) is 54.7 Å². The van der Waals surface area contributed by atoms with Crippen LogP contribution in [-0.2, 0) is 0 Å². The molecule has 0 aliphatic heterocycles. The number of rotatable bonds is 1. The number of nitrogens with one attached hydrogen (secondary N) is 1. The van der Waals surface area contributed by atoms with Crippen molar-refractivity contribution in [3.8, 4) is 0 Å². The molecule has 1 atom stereocenters. The van der Waals surface area contributed by atoms with Crippen LogP contribution in [0.15, 0.2) is 18.5 Å². The Labute approximate surface area is 77.4 Å². The van der Waals surface area contributed by atoms with Crippen molar-refractivity contribution < 1.29 is 0 Å². The highest BCUT2D eigenvalue weighted by molar-refractivity contribution is 5.63. The lowest BCUT2D eigenvalue weighted by molar-refractivity contribution is 0.572. The first-order valence-corrected chi connectivity index (χ1v) is 4.35. The number of aromatic nitrogens is 2. The molecule has 1 aromatic rings. The molecule has 0 bridgehead atoms. The minimum absolute atomic E-state index is 0.0401. The van der Waals surface area contributed by atoms with Crippen molar-refractivity contribution in [1.82, 2.24) is 9.97 Å². The maximum absolute atomic E-state index is 5.68. The van der Waals surface area contributed by atoms with E-state index in [0.29, 0.717) is 6.54 Å². The van der Waals surface area contributed by atoms with E-state index >= 15 is 0 Å². The van der Waals surface area contributed by atoms with Crippen LogP contribution < -0.4 is 5.73 Å². The number of fused-ring (bicyclic) bond motifs is 1. The van der Waals surface area contributed by atoms with Gasteiger partial charge in [-0.05, 0) is 12.2 Å². The number of aromatic amines is 1. The third-order valence-corrected chi connectivity index (χ3v) is 2.39. The monoisotopic (exact) mass is 175 g/mol. The standard InChI is InChI=1S/C10H13N3/c1-10(6-11)4-2-8-9(3-5-10)13-7-12-8/h2-5,7H,6,11H2,1H3,(H,12,13). The number of imidazole rings is 1. The SMILES string of the molecule is CC1(CN)C=Cc2nc[nH]c2C=C1. The van der Waals surface area contributed by atoms with Crippen LogP contribution in [0, 0.1) is 5.41 Å². The van der Waals surface area contributed by atoms with Crippen molar-refractivity contribution in [1.29, 1.82) is 0 Å². The molecule has 3 N–H and O–H groups in total. The molecule has 0 fully saturated rings. The second kappa shape index (κ2) is 2.85. The second-order valence-electron chi connectivity index (χ2n) is 3.58. The van der Waals surface area contributed by atoms with Gasteiger partial charge in [0.2, 0.25) is 0 Å². The van der Waals surface area contributed by atoms with Crippen molar-refractivity contribution in [3.63, 3.8) is 0 Å². The van der Waals surface area contributed by atoms with Gasteiger partial charge in [-0.15, -0.1) is 0 Å². The molecule has 1 unspecified atom stereocenters. The van der Waals surface area contributed by atoms with Crippen LogP contribution in [0.4, 0.5) is 0 Å². The number of hydrogen-bond donors (Lipinski definition) is 2. The first kappa shape index (κ1) is 8.26. The van der Waals surface area contributed by atoms with Crippen molar-refractivity contribution in [2.24, 2.45) is 11.1 Å². The van der Waals surface area contributed by atoms with Crippen LogP contribution >= 0.6 is 0 Å². The van der Waals surface area contributed by atoms with E-state index < -0.39 is 0 Å². The normalized spacial score (nSPS) is 18.3. The molecule has 68 valence electrons. The van der Waals surface area contributed by atoms with E-state index in [9.17, 15) is 0 Å². The predicted molar refractivity (Wildman–Crippen MR) is 53.8 cm³/mol. The fraction of sp³-hybridized carbons (Fsp3) is 0.300. The molecular weight excluding hydrogens is 162 g/mol. The predicted octanol–water partition coefficient (Wildman–Crippen LogP) is 1.41. The molecule has 0 saturated heterocycles. The molecule has 0 spiro atoms. The highest BCUT2D eigenvalue weighted by Crippen LogP contribution is 2.25. The third-order valence-electron chi connectivity index (χ3n) is 2.39. The maximum Gasteiger partial charge on any atom is 0.0931 e. The number of H-pyrrole nitrogens is 1. The summed E-state index contributed by atoms with van der Waals surface area (Å²) in [6.07, 6.45) is 9.95. The molecule has 0 aromatic carbocycles.